The normalized spacial score (nSPS) is 21.7. The molecule has 0 radical (unpaired) electrons. The second-order valence-electron chi connectivity index (χ2n) is 7.58. The van der Waals surface area contributed by atoms with Crippen LogP contribution in [-0.4, -0.2) is 23.0 Å². The van der Waals surface area contributed by atoms with Gasteiger partial charge in [0.25, 0.3) is 0 Å². The number of hydrogen-bond acceptors (Lipinski definition) is 2. The minimum Gasteiger partial charge on any atom is -0.481 e. The first-order valence-electron chi connectivity index (χ1n) is 7.06. The smallest absolute Gasteiger partial charge is 0.316 e. The van der Waals surface area contributed by atoms with Gasteiger partial charge in [-0.05, 0) is 36.5 Å². The van der Waals surface area contributed by atoms with Crippen LogP contribution in [-0.2, 0) is 9.59 Å². The summed E-state index contributed by atoms with van der Waals surface area (Å²) in [7, 11) is 0. The van der Waals surface area contributed by atoms with Crippen LogP contribution in [0.1, 0.15) is 60.3 Å². The molecule has 0 aromatic carbocycles. The van der Waals surface area contributed by atoms with Gasteiger partial charge in [-0.2, -0.15) is 0 Å². The Bertz CT molecular complexity index is 345. The Balaban J connectivity index is 2.62. The molecule has 19 heavy (non-hydrogen) atoms. The highest BCUT2D eigenvalue weighted by atomic mass is 16.4. The van der Waals surface area contributed by atoms with Crippen LogP contribution in [0.25, 0.3) is 0 Å². The number of rotatable bonds is 3. The van der Waals surface area contributed by atoms with Crippen molar-refractivity contribution in [1.82, 2.24) is 5.32 Å². The van der Waals surface area contributed by atoms with Crippen molar-refractivity contribution >= 4 is 11.9 Å². The number of carbonyl (C=O) groups is 2. The quantitative estimate of drug-likeness (QED) is 0.774. The largest absolute Gasteiger partial charge is 0.481 e. The van der Waals surface area contributed by atoms with Crippen molar-refractivity contribution < 1.29 is 14.7 Å². The van der Waals surface area contributed by atoms with Gasteiger partial charge in [0.1, 0.15) is 5.92 Å². The molecule has 1 unspecified atom stereocenters. The first-order valence-corrected chi connectivity index (χ1v) is 7.06. The Labute approximate surface area is 116 Å². The van der Waals surface area contributed by atoms with Crippen molar-refractivity contribution in [1.29, 1.82) is 0 Å². The summed E-state index contributed by atoms with van der Waals surface area (Å²) in [5.74, 6) is -2.37. The first kappa shape index (κ1) is 16.0. The number of nitrogens with one attached hydrogen (secondary N) is 1. The van der Waals surface area contributed by atoms with Gasteiger partial charge in [-0.15, -0.1) is 0 Å². The summed E-state index contributed by atoms with van der Waals surface area (Å²) in [5.41, 5.74) is -0.221. The molecule has 0 saturated heterocycles. The van der Waals surface area contributed by atoms with Gasteiger partial charge in [0.05, 0.1) is 0 Å². The summed E-state index contributed by atoms with van der Waals surface area (Å²) in [6, 6.07) is 0.129. The Morgan fingerprint density at radius 1 is 1.21 bits per heavy atom. The summed E-state index contributed by atoms with van der Waals surface area (Å²) < 4.78 is 0. The molecule has 0 aliphatic heterocycles. The van der Waals surface area contributed by atoms with E-state index in [1.54, 1.807) is 20.8 Å². The van der Waals surface area contributed by atoms with Gasteiger partial charge in [-0.25, -0.2) is 0 Å². The molecule has 1 aliphatic carbocycles. The van der Waals surface area contributed by atoms with Crippen LogP contribution in [0.5, 0.6) is 0 Å². The minimum absolute atomic E-state index is 0.129. The molecule has 4 heteroatoms. The Hall–Kier alpha value is -1.06. The zero-order valence-corrected chi connectivity index (χ0v) is 12.7. The van der Waals surface area contributed by atoms with Gasteiger partial charge in [0.2, 0.25) is 5.91 Å². The Morgan fingerprint density at radius 3 is 2.05 bits per heavy atom. The van der Waals surface area contributed by atoms with Crippen molar-refractivity contribution in [2.45, 2.75) is 66.3 Å². The summed E-state index contributed by atoms with van der Waals surface area (Å²) in [4.78, 5) is 23.4. The fourth-order valence-corrected chi connectivity index (χ4v) is 2.70. The van der Waals surface area contributed by atoms with Crippen molar-refractivity contribution in [2.24, 2.45) is 16.7 Å². The van der Waals surface area contributed by atoms with E-state index in [1.165, 1.54) is 0 Å². The van der Waals surface area contributed by atoms with Crippen molar-refractivity contribution in [2.75, 3.05) is 0 Å². The second-order valence-corrected chi connectivity index (χ2v) is 7.58. The number of carbonyl (C=O) groups excluding carboxylic acids is 1. The van der Waals surface area contributed by atoms with Crippen molar-refractivity contribution in [3.63, 3.8) is 0 Å². The van der Waals surface area contributed by atoms with Gasteiger partial charge >= 0.3 is 5.97 Å². The third kappa shape index (κ3) is 4.51. The van der Waals surface area contributed by atoms with E-state index in [0.717, 1.165) is 25.7 Å². The molecule has 0 aromatic heterocycles. The van der Waals surface area contributed by atoms with Gasteiger partial charge in [-0.3, -0.25) is 9.59 Å². The standard InChI is InChI=1S/C15H27NO3/c1-14(2,3)11(13(18)19)12(17)16-10-6-8-15(4,5)9-7-10/h10-11H,6-9H2,1-5H3,(H,16,17)(H,18,19). The van der Waals surface area contributed by atoms with Gasteiger partial charge < -0.3 is 10.4 Å². The topological polar surface area (TPSA) is 66.4 Å². The number of carboxylic acids is 1. The van der Waals surface area contributed by atoms with E-state index in [0.29, 0.717) is 5.41 Å². The molecule has 0 spiro atoms. The van der Waals surface area contributed by atoms with E-state index >= 15 is 0 Å². The van der Waals surface area contributed by atoms with E-state index in [2.05, 4.69) is 19.2 Å². The predicted molar refractivity (Wildman–Crippen MR) is 74.8 cm³/mol. The maximum atomic E-state index is 12.2. The lowest BCUT2D eigenvalue weighted by molar-refractivity contribution is -0.151. The molecule has 1 atom stereocenters. The highest BCUT2D eigenvalue weighted by molar-refractivity contribution is 5.97. The van der Waals surface area contributed by atoms with Crippen LogP contribution in [0.2, 0.25) is 0 Å². The van der Waals surface area contributed by atoms with E-state index < -0.39 is 17.3 Å². The van der Waals surface area contributed by atoms with E-state index in [9.17, 15) is 14.7 Å². The van der Waals surface area contributed by atoms with Gasteiger partial charge in [0.15, 0.2) is 0 Å². The average Bonchev–Trinajstić information content (AvgIpc) is 2.18. The molecular weight excluding hydrogens is 242 g/mol. The van der Waals surface area contributed by atoms with Crippen LogP contribution in [0.4, 0.5) is 0 Å². The minimum atomic E-state index is -1.04. The molecule has 1 rings (SSSR count). The fourth-order valence-electron chi connectivity index (χ4n) is 2.70. The van der Waals surface area contributed by atoms with Crippen LogP contribution in [0.3, 0.4) is 0 Å². The van der Waals surface area contributed by atoms with Gasteiger partial charge in [0, 0.05) is 6.04 Å². The van der Waals surface area contributed by atoms with Gasteiger partial charge in [-0.1, -0.05) is 34.6 Å². The lowest BCUT2D eigenvalue weighted by atomic mass is 9.75. The van der Waals surface area contributed by atoms with Crippen LogP contribution in [0.15, 0.2) is 0 Å². The molecule has 0 aromatic rings. The lowest BCUT2D eigenvalue weighted by Crippen LogP contribution is -2.47. The lowest BCUT2D eigenvalue weighted by Gasteiger charge is -2.36. The summed E-state index contributed by atoms with van der Waals surface area (Å²) in [5, 5.41) is 12.2. The number of amides is 1. The van der Waals surface area contributed by atoms with E-state index in [1.807, 2.05) is 0 Å². The molecule has 1 aliphatic rings. The number of hydrogen-bond donors (Lipinski definition) is 2. The molecule has 1 fully saturated rings. The molecule has 110 valence electrons. The monoisotopic (exact) mass is 269 g/mol. The first-order chi connectivity index (χ1) is 8.53. The third-order valence-electron chi connectivity index (χ3n) is 4.06. The summed E-state index contributed by atoms with van der Waals surface area (Å²) >= 11 is 0. The molecule has 1 saturated carbocycles. The SMILES string of the molecule is CC1(C)CCC(NC(=O)C(C(=O)O)C(C)(C)C)CC1. The number of carboxylic acid groups (broad SMARTS) is 1. The Morgan fingerprint density at radius 2 is 1.68 bits per heavy atom. The molecule has 2 N–H and O–H groups in total. The fraction of sp³-hybridized carbons (Fsp3) is 0.867. The maximum absolute atomic E-state index is 12.2. The predicted octanol–water partition coefficient (Wildman–Crippen LogP) is 2.82. The van der Waals surface area contributed by atoms with E-state index in [-0.39, 0.29) is 11.9 Å². The van der Waals surface area contributed by atoms with E-state index in [4.69, 9.17) is 0 Å². The highest BCUT2D eigenvalue weighted by Gasteiger charge is 2.39. The maximum Gasteiger partial charge on any atom is 0.316 e. The zero-order chi connectivity index (χ0) is 14.8. The Kier molecular flexibility index (Phi) is 4.64. The molecule has 0 heterocycles. The third-order valence-corrected chi connectivity index (χ3v) is 4.06. The van der Waals surface area contributed by atoms with Crippen LogP contribution < -0.4 is 5.32 Å². The average molecular weight is 269 g/mol. The molecule has 4 nitrogen and oxygen atoms in total. The number of aliphatic carboxylic acids is 1. The summed E-state index contributed by atoms with van der Waals surface area (Å²) in [6.45, 7) is 9.83. The van der Waals surface area contributed by atoms with Crippen molar-refractivity contribution in [3.8, 4) is 0 Å². The highest BCUT2D eigenvalue weighted by Crippen LogP contribution is 2.35. The second kappa shape index (κ2) is 5.51. The zero-order valence-electron chi connectivity index (χ0n) is 12.7. The van der Waals surface area contributed by atoms with Crippen molar-refractivity contribution in [3.05, 3.63) is 0 Å². The van der Waals surface area contributed by atoms with Crippen LogP contribution in [0, 0.1) is 16.7 Å². The summed E-state index contributed by atoms with van der Waals surface area (Å²) in [6.07, 6.45) is 4.03. The molecular formula is C15H27NO3. The van der Waals surface area contributed by atoms with Crippen LogP contribution >= 0.6 is 0 Å². The molecule has 0 bridgehead atoms. The molecule has 1 amide bonds.